The third-order valence-corrected chi connectivity index (χ3v) is 4.51. The van der Waals surface area contributed by atoms with Crippen molar-refractivity contribution in [1.82, 2.24) is 19.6 Å². The number of aryl methyl sites for hydroxylation is 1. The van der Waals surface area contributed by atoms with Crippen molar-refractivity contribution in [2.75, 3.05) is 13.1 Å². The first-order valence-corrected chi connectivity index (χ1v) is 7.99. The number of likely N-dealkylation sites (tertiary alicyclic amines) is 1. The van der Waals surface area contributed by atoms with Crippen LogP contribution in [0.15, 0.2) is 45.9 Å². The standard InChI is InChI=1S/C17H18N4O3/c1-20-7-2-3-14(20)15-18-16(24-19-15)12-4-8-21(9-5-12)17(22)13-6-10-23-11-13/h2-3,6-7,10-12H,4-5,8-9H2,1H3. The molecule has 24 heavy (non-hydrogen) atoms. The van der Waals surface area contributed by atoms with E-state index in [1.807, 2.05) is 34.8 Å². The molecule has 4 rings (SSSR count). The summed E-state index contributed by atoms with van der Waals surface area (Å²) in [6.45, 7) is 1.35. The Labute approximate surface area is 138 Å². The number of carbonyl (C=O) groups is 1. The number of hydrogen-bond donors (Lipinski definition) is 0. The predicted molar refractivity (Wildman–Crippen MR) is 85.3 cm³/mol. The highest BCUT2D eigenvalue weighted by atomic mass is 16.5. The Morgan fingerprint density at radius 1 is 1.29 bits per heavy atom. The van der Waals surface area contributed by atoms with Crippen molar-refractivity contribution in [3.63, 3.8) is 0 Å². The number of amides is 1. The van der Waals surface area contributed by atoms with Gasteiger partial charge in [0.25, 0.3) is 5.91 Å². The molecule has 7 heteroatoms. The lowest BCUT2D eigenvalue weighted by atomic mass is 9.96. The van der Waals surface area contributed by atoms with Gasteiger partial charge < -0.3 is 18.4 Å². The Morgan fingerprint density at radius 3 is 2.79 bits per heavy atom. The van der Waals surface area contributed by atoms with E-state index in [1.54, 1.807) is 6.07 Å². The highest BCUT2D eigenvalue weighted by Crippen LogP contribution is 2.29. The van der Waals surface area contributed by atoms with Gasteiger partial charge in [-0.25, -0.2) is 0 Å². The van der Waals surface area contributed by atoms with Gasteiger partial charge in [-0.2, -0.15) is 4.98 Å². The molecule has 0 N–H and O–H groups in total. The maximum absolute atomic E-state index is 12.3. The molecule has 1 aliphatic rings. The van der Waals surface area contributed by atoms with Gasteiger partial charge in [0.2, 0.25) is 11.7 Å². The molecule has 0 aliphatic carbocycles. The number of hydrogen-bond acceptors (Lipinski definition) is 5. The molecule has 0 radical (unpaired) electrons. The summed E-state index contributed by atoms with van der Waals surface area (Å²) >= 11 is 0. The summed E-state index contributed by atoms with van der Waals surface area (Å²) in [4.78, 5) is 18.7. The van der Waals surface area contributed by atoms with Crippen molar-refractivity contribution >= 4 is 5.91 Å². The topological polar surface area (TPSA) is 77.3 Å². The molecule has 0 saturated carbocycles. The lowest BCUT2D eigenvalue weighted by molar-refractivity contribution is 0.0704. The fraction of sp³-hybridized carbons (Fsp3) is 0.353. The Kier molecular flexibility index (Phi) is 3.68. The summed E-state index contributed by atoms with van der Waals surface area (Å²) in [5, 5.41) is 4.09. The van der Waals surface area contributed by atoms with Crippen molar-refractivity contribution < 1.29 is 13.7 Å². The third-order valence-electron chi connectivity index (χ3n) is 4.51. The monoisotopic (exact) mass is 326 g/mol. The van der Waals surface area contributed by atoms with Gasteiger partial charge in [0.05, 0.1) is 17.5 Å². The molecule has 1 saturated heterocycles. The first kappa shape index (κ1) is 14.7. The van der Waals surface area contributed by atoms with Crippen LogP contribution in [0.1, 0.15) is 35.0 Å². The quantitative estimate of drug-likeness (QED) is 0.739. The maximum atomic E-state index is 12.3. The normalized spacial score (nSPS) is 15.8. The molecule has 124 valence electrons. The lowest BCUT2D eigenvalue weighted by Gasteiger charge is -2.30. The van der Waals surface area contributed by atoms with Crippen LogP contribution in [0.25, 0.3) is 11.5 Å². The van der Waals surface area contributed by atoms with Crippen molar-refractivity contribution in [2.24, 2.45) is 7.05 Å². The molecular formula is C17H18N4O3. The molecule has 1 aliphatic heterocycles. The van der Waals surface area contributed by atoms with Crippen LogP contribution in [0.4, 0.5) is 0 Å². The van der Waals surface area contributed by atoms with Crippen LogP contribution in [0.5, 0.6) is 0 Å². The number of piperidine rings is 1. The highest BCUT2D eigenvalue weighted by molar-refractivity contribution is 5.93. The zero-order valence-corrected chi connectivity index (χ0v) is 13.4. The van der Waals surface area contributed by atoms with E-state index < -0.39 is 0 Å². The smallest absolute Gasteiger partial charge is 0.257 e. The van der Waals surface area contributed by atoms with Crippen molar-refractivity contribution in [2.45, 2.75) is 18.8 Å². The Morgan fingerprint density at radius 2 is 2.12 bits per heavy atom. The molecule has 1 amide bonds. The fourth-order valence-corrected chi connectivity index (χ4v) is 3.10. The molecule has 0 aromatic carbocycles. The number of furan rings is 1. The summed E-state index contributed by atoms with van der Waals surface area (Å²) in [6.07, 6.45) is 6.59. The van der Waals surface area contributed by atoms with Crippen molar-refractivity contribution in [3.8, 4) is 11.5 Å². The van der Waals surface area contributed by atoms with Gasteiger partial charge in [0.15, 0.2) is 0 Å². The van der Waals surface area contributed by atoms with Crippen LogP contribution >= 0.6 is 0 Å². The summed E-state index contributed by atoms with van der Waals surface area (Å²) in [6, 6.07) is 5.60. The number of carbonyl (C=O) groups excluding carboxylic acids is 1. The molecule has 0 unspecified atom stereocenters. The maximum Gasteiger partial charge on any atom is 0.257 e. The van der Waals surface area contributed by atoms with E-state index in [1.165, 1.54) is 12.5 Å². The van der Waals surface area contributed by atoms with Gasteiger partial charge in [-0.05, 0) is 31.0 Å². The Balaban J connectivity index is 1.42. The Bertz CT molecular complexity index is 826. The molecule has 0 atom stereocenters. The molecule has 0 spiro atoms. The van der Waals surface area contributed by atoms with Crippen LogP contribution in [-0.4, -0.2) is 38.6 Å². The SMILES string of the molecule is Cn1cccc1-c1noc(C2CCN(C(=O)c3ccoc3)CC2)n1. The van der Waals surface area contributed by atoms with E-state index >= 15 is 0 Å². The van der Waals surface area contributed by atoms with Crippen LogP contribution in [0.2, 0.25) is 0 Å². The van der Waals surface area contributed by atoms with Gasteiger partial charge in [-0.1, -0.05) is 5.16 Å². The van der Waals surface area contributed by atoms with Crippen molar-refractivity contribution in [1.29, 1.82) is 0 Å². The minimum absolute atomic E-state index is 0.0113. The van der Waals surface area contributed by atoms with Gasteiger partial charge in [0.1, 0.15) is 6.26 Å². The third kappa shape index (κ3) is 2.62. The summed E-state index contributed by atoms with van der Waals surface area (Å²) < 4.78 is 12.4. The van der Waals surface area contributed by atoms with Gasteiger partial charge >= 0.3 is 0 Å². The zero-order chi connectivity index (χ0) is 16.5. The molecule has 3 aromatic rings. The summed E-state index contributed by atoms with van der Waals surface area (Å²) in [5.41, 5.74) is 1.52. The number of nitrogens with zero attached hydrogens (tertiary/aromatic N) is 4. The van der Waals surface area contributed by atoms with Gasteiger partial charge in [0, 0.05) is 32.3 Å². The van der Waals surface area contributed by atoms with E-state index in [9.17, 15) is 4.79 Å². The molecule has 7 nitrogen and oxygen atoms in total. The molecule has 4 heterocycles. The van der Waals surface area contributed by atoms with E-state index in [0.717, 1.165) is 18.5 Å². The number of rotatable bonds is 3. The minimum Gasteiger partial charge on any atom is -0.472 e. The molecule has 0 bridgehead atoms. The van der Waals surface area contributed by atoms with Crippen LogP contribution in [-0.2, 0) is 7.05 Å². The zero-order valence-electron chi connectivity index (χ0n) is 13.4. The second-order valence-electron chi connectivity index (χ2n) is 6.04. The number of aromatic nitrogens is 3. The van der Waals surface area contributed by atoms with Crippen LogP contribution < -0.4 is 0 Å². The molecule has 3 aromatic heterocycles. The first-order chi connectivity index (χ1) is 11.7. The summed E-state index contributed by atoms with van der Waals surface area (Å²) in [7, 11) is 1.95. The van der Waals surface area contributed by atoms with Crippen molar-refractivity contribution in [3.05, 3.63) is 48.4 Å². The van der Waals surface area contributed by atoms with E-state index in [-0.39, 0.29) is 11.8 Å². The van der Waals surface area contributed by atoms with E-state index in [0.29, 0.717) is 30.4 Å². The Hall–Kier alpha value is -2.83. The van der Waals surface area contributed by atoms with E-state index in [2.05, 4.69) is 10.1 Å². The first-order valence-electron chi connectivity index (χ1n) is 7.99. The largest absolute Gasteiger partial charge is 0.472 e. The molecule has 1 fully saturated rings. The average Bonchev–Trinajstić information content (AvgIpc) is 3.35. The van der Waals surface area contributed by atoms with Crippen LogP contribution in [0, 0.1) is 0 Å². The minimum atomic E-state index is 0.0113. The second-order valence-corrected chi connectivity index (χ2v) is 6.04. The highest BCUT2D eigenvalue weighted by Gasteiger charge is 2.28. The van der Waals surface area contributed by atoms with E-state index in [4.69, 9.17) is 8.94 Å². The predicted octanol–water partition coefficient (Wildman–Crippen LogP) is 2.69. The summed E-state index contributed by atoms with van der Waals surface area (Å²) in [5.74, 6) is 1.47. The second kappa shape index (κ2) is 5.99. The molecular weight excluding hydrogens is 308 g/mol. The van der Waals surface area contributed by atoms with Gasteiger partial charge in [-0.15, -0.1) is 0 Å². The fourth-order valence-electron chi connectivity index (χ4n) is 3.10. The van der Waals surface area contributed by atoms with Crippen LogP contribution in [0.3, 0.4) is 0 Å². The van der Waals surface area contributed by atoms with Gasteiger partial charge in [-0.3, -0.25) is 4.79 Å². The average molecular weight is 326 g/mol. The lowest BCUT2D eigenvalue weighted by Crippen LogP contribution is -2.37.